The number of para-hydroxylation sites is 2. The summed E-state index contributed by atoms with van der Waals surface area (Å²) in [6, 6.07) is 8.74. The van der Waals surface area contributed by atoms with Crippen LogP contribution in [0.25, 0.3) is 0 Å². The Kier molecular flexibility index (Phi) is 8.04. The van der Waals surface area contributed by atoms with Crippen LogP contribution in [0.3, 0.4) is 0 Å². The lowest BCUT2D eigenvalue weighted by molar-refractivity contribution is 0.229. The van der Waals surface area contributed by atoms with Crippen LogP contribution in [0.15, 0.2) is 29.3 Å². The van der Waals surface area contributed by atoms with E-state index in [4.69, 9.17) is 4.74 Å². The maximum atomic E-state index is 5.51. The van der Waals surface area contributed by atoms with Gasteiger partial charge in [0.05, 0.1) is 12.8 Å². The zero-order chi connectivity index (χ0) is 18.9. The topological polar surface area (TPSA) is 43.3 Å². The van der Waals surface area contributed by atoms with E-state index in [0.717, 1.165) is 57.5 Å². The van der Waals surface area contributed by atoms with Crippen molar-refractivity contribution in [2.45, 2.75) is 26.8 Å². The van der Waals surface area contributed by atoms with Crippen LogP contribution in [-0.4, -0.2) is 81.8 Å². The molecule has 1 heterocycles. The molecule has 1 fully saturated rings. The second-order valence-corrected chi connectivity index (χ2v) is 6.64. The average Bonchev–Trinajstić information content (AvgIpc) is 2.70. The van der Waals surface area contributed by atoms with E-state index in [9.17, 15) is 0 Å². The number of anilines is 1. The maximum Gasteiger partial charge on any atom is 0.193 e. The molecule has 1 unspecified atom stereocenters. The summed E-state index contributed by atoms with van der Waals surface area (Å²) in [5.74, 6) is 1.94. The molecule has 26 heavy (non-hydrogen) atoms. The van der Waals surface area contributed by atoms with Crippen LogP contribution in [0.1, 0.15) is 20.8 Å². The minimum atomic E-state index is 0.497. The molecule has 1 aliphatic heterocycles. The lowest BCUT2D eigenvalue weighted by Gasteiger charge is -2.38. The van der Waals surface area contributed by atoms with Crippen molar-refractivity contribution in [2.24, 2.45) is 4.99 Å². The summed E-state index contributed by atoms with van der Waals surface area (Å²) in [5.41, 5.74) is 1.17. The van der Waals surface area contributed by atoms with Crippen molar-refractivity contribution >= 4 is 11.6 Å². The predicted octanol–water partition coefficient (Wildman–Crippen LogP) is 2.12. The zero-order valence-corrected chi connectivity index (χ0v) is 17.0. The number of rotatable bonds is 7. The van der Waals surface area contributed by atoms with E-state index in [1.807, 2.05) is 19.2 Å². The van der Waals surface area contributed by atoms with Gasteiger partial charge in [0.25, 0.3) is 0 Å². The summed E-state index contributed by atoms with van der Waals surface area (Å²) in [4.78, 5) is 11.7. The van der Waals surface area contributed by atoms with Crippen molar-refractivity contribution in [3.8, 4) is 5.75 Å². The number of likely N-dealkylation sites (N-methyl/N-ethyl adjacent to an activating group) is 1. The number of nitrogens with zero attached hydrogens (tertiary/aromatic N) is 4. The van der Waals surface area contributed by atoms with Gasteiger partial charge in [0, 0.05) is 45.8 Å². The third-order valence-electron chi connectivity index (χ3n) is 5.21. The number of aliphatic imine (C=N–C) groups is 1. The Bertz CT molecular complexity index is 565. The van der Waals surface area contributed by atoms with Crippen LogP contribution in [0.4, 0.5) is 5.69 Å². The number of methoxy groups -OCH3 is 1. The first-order chi connectivity index (χ1) is 12.6. The van der Waals surface area contributed by atoms with Crippen molar-refractivity contribution in [3.05, 3.63) is 24.3 Å². The molecule has 6 heteroatoms. The zero-order valence-electron chi connectivity index (χ0n) is 17.0. The van der Waals surface area contributed by atoms with Gasteiger partial charge in [-0.25, -0.2) is 0 Å². The highest BCUT2D eigenvalue weighted by Crippen LogP contribution is 2.28. The minimum absolute atomic E-state index is 0.497. The van der Waals surface area contributed by atoms with Crippen LogP contribution in [0.2, 0.25) is 0 Å². The van der Waals surface area contributed by atoms with E-state index in [1.54, 1.807) is 7.11 Å². The maximum absolute atomic E-state index is 5.51. The number of guanidine groups is 1. The molecule has 1 aromatic carbocycles. The molecule has 1 N–H and O–H groups in total. The molecule has 1 aliphatic rings. The Morgan fingerprint density at radius 2 is 1.85 bits per heavy atom. The monoisotopic (exact) mass is 361 g/mol. The number of benzene rings is 1. The van der Waals surface area contributed by atoms with Crippen LogP contribution in [0, 0.1) is 0 Å². The smallest absolute Gasteiger partial charge is 0.193 e. The number of piperazine rings is 1. The summed E-state index contributed by atoms with van der Waals surface area (Å²) in [6.45, 7) is 13.6. The largest absolute Gasteiger partial charge is 0.495 e. The fraction of sp³-hybridized carbons (Fsp3) is 0.650. The van der Waals surface area contributed by atoms with Gasteiger partial charge in [-0.15, -0.1) is 0 Å². The van der Waals surface area contributed by atoms with Gasteiger partial charge in [0.15, 0.2) is 5.96 Å². The molecule has 1 atom stereocenters. The molecule has 1 aromatic rings. The van der Waals surface area contributed by atoms with E-state index in [-0.39, 0.29) is 0 Å². The summed E-state index contributed by atoms with van der Waals surface area (Å²) < 4.78 is 5.51. The number of hydrogen-bond acceptors (Lipinski definition) is 4. The summed E-state index contributed by atoms with van der Waals surface area (Å²) >= 11 is 0. The van der Waals surface area contributed by atoms with Gasteiger partial charge in [0.2, 0.25) is 0 Å². The summed E-state index contributed by atoms with van der Waals surface area (Å²) in [7, 11) is 3.61. The molecule has 0 bridgehead atoms. The first kappa shape index (κ1) is 20.4. The number of ether oxygens (including phenoxy) is 1. The van der Waals surface area contributed by atoms with Crippen LogP contribution < -0.4 is 15.0 Å². The van der Waals surface area contributed by atoms with Crippen molar-refractivity contribution in [3.63, 3.8) is 0 Å². The molecule has 2 rings (SSSR count). The van der Waals surface area contributed by atoms with Gasteiger partial charge in [-0.05, 0) is 32.1 Å². The minimum Gasteiger partial charge on any atom is -0.495 e. The Labute approximate surface area is 158 Å². The van der Waals surface area contributed by atoms with Crippen molar-refractivity contribution < 1.29 is 4.74 Å². The van der Waals surface area contributed by atoms with Gasteiger partial charge in [-0.3, -0.25) is 9.89 Å². The van der Waals surface area contributed by atoms with Crippen molar-refractivity contribution in [2.75, 3.05) is 64.9 Å². The molecular formula is C20H35N5O. The van der Waals surface area contributed by atoms with E-state index >= 15 is 0 Å². The highest BCUT2D eigenvalue weighted by atomic mass is 16.5. The first-order valence-corrected chi connectivity index (χ1v) is 9.72. The fourth-order valence-electron chi connectivity index (χ4n) is 3.60. The van der Waals surface area contributed by atoms with Gasteiger partial charge < -0.3 is 19.9 Å². The SMILES string of the molecule is CCN(CC)C(C)CNC(=NC)N1CCN(c2ccccc2OC)CC1. The Hall–Kier alpha value is -1.95. The molecule has 146 valence electrons. The number of hydrogen-bond donors (Lipinski definition) is 1. The molecule has 0 aromatic heterocycles. The molecule has 0 saturated carbocycles. The van der Waals surface area contributed by atoms with Gasteiger partial charge in [-0.2, -0.15) is 0 Å². The van der Waals surface area contributed by atoms with Gasteiger partial charge in [-0.1, -0.05) is 26.0 Å². The third-order valence-corrected chi connectivity index (χ3v) is 5.21. The normalized spacial score (nSPS) is 16.8. The van der Waals surface area contributed by atoms with Crippen LogP contribution in [-0.2, 0) is 0 Å². The van der Waals surface area contributed by atoms with E-state index in [1.165, 1.54) is 5.69 Å². The second-order valence-electron chi connectivity index (χ2n) is 6.64. The van der Waals surface area contributed by atoms with E-state index in [0.29, 0.717) is 6.04 Å². The van der Waals surface area contributed by atoms with Crippen molar-refractivity contribution in [1.29, 1.82) is 0 Å². The average molecular weight is 362 g/mol. The molecule has 1 saturated heterocycles. The highest BCUT2D eigenvalue weighted by molar-refractivity contribution is 5.80. The Balaban J connectivity index is 1.89. The van der Waals surface area contributed by atoms with E-state index < -0.39 is 0 Å². The highest BCUT2D eigenvalue weighted by Gasteiger charge is 2.22. The standard InChI is InChI=1S/C20H35N5O/c1-6-23(7-2)17(3)16-22-20(21-4)25-14-12-24(13-15-25)18-10-8-9-11-19(18)26-5/h8-11,17H,6-7,12-16H2,1-5H3,(H,21,22). The fourth-order valence-corrected chi connectivity index (χ4v) is 3.60. The van der Waals surface area contributed by atoms with Gasteiger partial charge in [0.1, 0.15) is 5.75 Å². The summed E-state index contributed by atoms with van der Waals surface area (Å²) in [5, 5.41) is 3.56. The predicted molar refractivity (Wildman–Crippen MR) is 111 cm³/mol. The van der Waals surface area contributed by atoms with Crippen LogP contribution >= 0.6 is 0 Å². The van der Waals surface area contributed by atoms with E-state index in [2.05, 4.69) is 57.9 Å². The molecule has 6 nitrogen and oxygen atoms in total. The number of nitrogens with one attached hydrogen (secondary N) is 1. The Morgan fingerprint density at radius 3 is 2.42 bits per heavy atom. The van der Waals surface area contributed by atoms with Crippen LogP contribution in [0.5, 0.6) is 5.75 Å². The lowest BCUT2D eigenvalue weighted by atomic mass is 10.2. The molecular weight excluding hydrogens is 326 g/mol. The van der Waals surface area contributed by atoms with Crippen molar-refractivity contribution in [1.82, 2.24) is 15.1 Å². The molecule has 0 spiro atoms. The quantitative estimate of drug-likeness (QED) is 0.595. The second kappa shape index (κ2) is 10.3. The molecule has 0 amide bonds. The molecule has 0 radical (unpaired) electrons. The first-order valence-electron chi connectivity index (χ1n) is 9.72. The third kappa shape index (κ3) is 5.04. The lowest BCUT2D eigenvalue weighted by Crippen LogP contribution is -2.54. The summed E-state index contributed by atoms with van der Waals surface area (Å²) in [6.07, 6.45) is 0. The Morgan fingerprint density at radius 1 is 1.19 bits per heavy atom. The van der Waals surface area contributed by atoms with Gasteiger partial charge >= 0.3 is 0 Å². The molecule has 0 aliphatic carbocycles.